The number of hydrogen-bond acceptors (Lipinski definition) is 41. The zero-order chi connectivity index (χ0) is 79.1. The summed E-state index contributed by atoms with van der Waals surface area (Å²) in [5.74, 6) is -1.40. The Bertz CT molecular complexity index is 2460. The van der Waals surface area contributed by atoms with Crippen molar-refractivity contribution in [1.29, 1.82) is 0 Å². The van der Waals surface area contributed by atoms with Crippen molar-refractivity contribution >= 4 is 17.7 Å². The van der Waals surface area contributed by atoms with Crippen LogP contribution in [0.4, 0.5) is 0 Å². The van der Waals surface area contributed by atoms with Crippen LogP contribution in [0.25, 0.3) is 10.4 Å². The standard InChI is InChI=1S/C64H117N15O31/c1-43(83)67-52-58(89)55(86)49(33-80)108-61(52)105-27-24-98-17-13-93-9-5-77-30-46(70-74-77)36-102-40-64(39-101-23-22-97-21-20-96-16-12-92-8-4-66-73-65,41-103-37-47-31-78(75-71-47)6-10-94-14-18-99-25-28-106-62-53(68-44(2)84)59(90)56(87)50(34-81)109-62)42-104-38-48-32-79(76-72-48)7-11-95-15-19-100-26-29-107-63-54(69-45(3)85)60(91)57(88)51(35-82)110-63/h30-32,49-63,70-72,74-76,80-82,86-91H,4-29,33-42H2,1-3H3,(H,67,83)(H,68,84)(H,69,85). The lowest BCUT2D eigenvalue weighted by atomic mass is 9.92. The maximum Gasteiger partial charge on any atom is 0.217 e. The number of carbonyl (C=O) groups excluding carboxylic acids is 3. The van der Waals surface area contributed by atoms with Gasteiger partial charge in [0.05, 0.1) is 254 Å². The second-order valence-corrected chi connectivity index (χ2v) is 25.7. The summed E-state index contributed by atoms with van der Waals surface area (Å²) in [5, 5.41) is 108. The van der Waals surface area contributed by atoms with Crippen LogP contribution in [0.3, 0.4) is 0 Å². The number of nitrogens with one attached hydrogen (secondary N) is 9. The molecule has 6 aliphatic rings. The molecule has 6 rings (SSSR count). The molecule has 0 aromatic heterocycles. The molecule has 0 aromatic rings. The minimum atomic E-state index is -1.43. The summed E-state index contributed by atoms with van der Waals surface area (Å²) in [6.07, 6.45) is -9.81. The fourth-order valence-corrected chi connectivity index (χ4v) is 11.2. The Morgan fingerprint density at radius 1 is 0.409 bits per heavy atom. The predicted octanol–water partition coefficient (Wildman–Crippen LogP) is -9.12. The number of aliphatic hydroxyl groups is 9. The van der Waals surface area contributed by atoms with Gasteiger partial charge in [-0.25, -0.2) is 0 Å². The molecule has 6 aliphatic heterocycles. The number of amides is 3. The smallest absolute Gasteiger partial charge is 0.217 e. The highest BCUT2D eigenvalue weighted by Gasteiger charge is 2.48. The van der Waals surface area contributed by atoms with Crippen LogP contribution in [0.5, 0.6) is 0 Å². The molecule has 3 saturated heterocycles. The molecule has 634 valence electrons. The van der Waals surface area contributed by atoms with Crippen molar-refractivity contribution in [2.24, 2.45) is 10.5 Å². The zero-order valence-electron chi connectivity index (χ0n) is 62.5. The number of hydrazine groups is 6. The van der Waals surface area contributed by atoms with Gasteiger partial charge in [-0.1, -0.05) is 5.11 Å². The highest BCUT2D eigenvalue weighted by atomic mass is 16.7. The van der Waals surface area contributed by atoms with Crippen LogP contribution in [0.1, 0.15) is 20.8 Å². The summed E-state index contributed by atoms with van der Waals surface area (Å²) in [5.41, 5.74) is 28.3. The van der Waals surface area contributed by atoms with Crippen molar-refractivity contribution in [2.45, 2.75) is 113 Å². The number of carbonyl (C=O) groups is 3. The summed E-state index contributed by atoms with van der Waals surface area (Å²) in [6.45, 7) is 9.17. The van der Waals surface area contributed by atoms with Crippen molar-refractivity contribution in [1.82, 2.24) is 63.9 Å². The van der Waals surface area contributed by atoms with E-state index in [1.165, 1.54) is 20.8 Å². The van der Waals surface area contributed by atoms with Gasteiger partial charge in [0.1, 0.15) is 73.1 Å². The van der Waals surface area contributed by atoms with Gasteiger partial charge < -0.3 is 168 Å². The van der Waals surface area contributed by atoms with Gasteiger partial charge in [-0.3, -0.25) is 29.4 Å². The molecule has 0 aliphatic carbocycles. The minimum Gasteiger partial charge on any atom is -0.394 e. The topological polar surface area (TPSA) is 575 Å². The summed E-state index contributed by atoms with van der Waals surface area (Å²) >= 11 is 0. The lowest BCUT2D eigenvalue weighted by Gasteiger charge is -2.42. The minimum absolute atomic E-state index is 0.0174. The molecule has 3 amide bonds. The molecule has 46 heteroatoms. The van der Waals surface area contributed by atoms with E-state index in [0.29, 0.717) is 83.0 Å². The van der Waals surface area contributed by atoms with Gasteiger partial charge >= 0.3 is 0 Å². The van der Waals surface area contributed by atoms with Crippen LogP contribution in [-0.4, -0.2) is 408 Å². The molecule has 18 N–H and O–H groups in total. The first-order valence-electron chi connectivity index (χ1n) is 36.4. The van der Waals surface area contributed by atoms with Crippen molar-refractivity contribution in [3.8, 4) is 0 Å². The quantitative estimate of drug-likeness (QED) is 0.0116. The number of ether oxygens (including phenoxy) is 19. The molecular formula is C64H117N15O31. The molecule has 3 fully saturated rings. The third-order valence-corrected chi connectivity index (χ3v) is 16.8. The third-order valence-electron chi connectivity index (χ3n) is 16.8. The van der Waals surface area contributed by atoms with Crippen LogP contribution >= 0.6 is 0 Å². The Labute approximate surface area is 637 Å². The molecule has 0 saturated carbocycles. The van der Waals surface area contributed by atoms with Gasteiger partial charge in [-0.2, -0.15) is 0 Å². The maximum absolute atomic E-state index is 11.8. The van der Waals surface area contributed by atoms with Gasteiger partial charge in [0.25, 0.3) is 0 Å². The second kappa shape index (κ2) is 54.3. The molecule has 110 heavy (non-hydrogen) atoms. The van der Waals surface area contributed by atoms with E-state index in [0.717, 1.165) is 0 Å². The molecule has 0 bridgehead atoms. The summed E-state index contributed by atoms with van der Waals surface area (Å²) in [4.78, 5) is 38.0. The Balaban J connectivity index is 0.981. The second-order valence-electron chi connectivity index (χ2n) is 25.7. The Hall–Kier alpha value is -5.50. The lowest BCUT2D eigenvalue weighted by Crippen LogP contribution is -2.64. The fourth-order valence-electron chi connectivity index (χ4n) is 11.2. The van der Waals surface area contributed by atoms with E-state index < -0.39 is 135 Å². The maximum atomic E-state index is 11.8. The zero-order valence-corrected chi connectivity index (χ0v) is 62.5. The van der Waals surface area contributed by atoms with Gasteiger partial charge in [0.15, 0.2) is 18.9 Å². The predicted molar refractivity (Wildman–Crippen MR) is 374 cm³/mol. The normalized spacial score (nSPS) is 26.6. The highest BCUT2D eigenvalue weighted by molar-refractivity contribution is 5.74. The number of aliphatic hydroxyl groups excluding tert-OH is 9. The monoisotopic (exact) mass is 1590 g/mol. The average molecular weight is 1590 g/mol. The number of hydrogen-bond donors (Lipinski definition) is 18. The average Bonchev–Trinajstić information content (AvgIpc) is 0.994. The van der Waals surface area contributed by atoms with Crippen LogP contribution in [0, 0.1) is 5.41 Å². The van der Waals surface area contributed by atoms with Gasteiger partial charge in [0.2, 0.25) is 17.7 Å². The molecule has 15 unspecified atom stereocenters. The Morgan fingerprint density at radius 3 is 0.955 bits per heavy atom. The van der Waals surface area contributed by atoms with E-state index >= 15 is 0 Å². The van der Waals surface area contributed by atoms with Crippen molar-refractivity contribution in [2.75, 3.05) is 238 Å². The summed E-state index contributed by atoms with van der Waals surface area (Å²) in [6, 6.07) is -3.21. The number of rotatable bonds is 62. The van der Waals surface area contributed by atoms with E-state index in [2.05, 4.69) is 58.9 Å². The van der Waals surface area contributed by atoms with E-state index in [-0.39, 0.29) is 152 Å². The third kappa shape index (κ3) is 35.1. The van der Waals surface area contributed by atoms with Crippen molar-refractivity contribution < 1.29 is 150 Å². The van der Waals surface area contributed by atoms with Gasteiger partial charge in [0, 0.05) is 50.8 Å². The van der Waals surface area contributed by atoms with Gasteiger partial charge in [-0.15, -0.1) is 16.6 Å². The number of azide groups is 1. The van der Waals surface area contributed by atoms with Crippen LogP contribution < -0.4 is 48.8 Å². The van der Waals surface area contributed by atoms with Crippen molar-refractivity contribution in [3.63, 3.8) is 0 Å². The Kier molecular flexibility index (Phi) is 46.1. The summed E-state index contributed by atoms with van der Waals surface area (Å²) < 4.78 is 111. The number of nitrogens with zero attached hydrogens (tertiary/aromatic N) is 6. The van der Waals surface area contributed by atoms with E-state index in [1.54, 1.807) is 15.0 Å². The van der Waals surface area contributed by atoms with Crippen molar-refractivity contribution in [3.05, 3.63) is 46.1 Å². The van der Waals surface area contributed by atoms with E-state index in [1.807, 2.05) is 18.6 Å². The molecule has 0 radical (unpaired) electrons. The van der Waals surface area contributed by atoms with E-state index in [4.69, 9.17) is 95.5 Å². The lowest BCUT2D eigenvalue weighted by molar-refractivity contribution is -0.272. The SMILES string of the molecule is CC(=O)NC1C(OCCOCCOCCN2C=C(COCC(COCCOCCOCCOCCN=[N+]=[N-])(COCC3=CN(CCOCCOCCOC4OC(CO)C(O)C(O)C4NC(C)=O)NN3)COCC3=CN(CCOCCOCCOC4OC(CO)C(O)C(O)C4NC(C)=O)NN3)NN2)OC(CO)C(O)C1O. The molecule has 46 nitrogen and oxygen atoms in total. The molecule has 6 heterocycles. The largest absolute Gasteiger partial charge is 0.394 e. The molecule has 0 aromatic carbocycles. The first-order valence-corrected chi connectivity index (χ1v) is 36.4. The summed E-state index contributed by atoms with van der Waals surface area (Å²) in [7, 11) is 0. The van der Waals surface area contributed by atoms with Crippen LogP contribution in [0.2, 0.25) is 0 Å². The van der Waals surface area contributed by atoms with Gasteiger partial charge in [-0.05, 0) is 5.53 Å². The molecular weight excluding hydrogens is 1470 g/mol. The highest BCUT2D eigenvalue weighted by Crippen LogP contribution is 2.27. The first kappa shape index (κ1) is 93.4. The molecule has 15 atom stereocenters. The molecule has 0 spiro atoms. The Morgan fingerprint density at radius 2 is 0.673 bits per heavy atom. The van der Waals surface area contributed by atoms with Crippen LogP contribution in [-0.2, 0) is 104 Å². The fraction of sp³-hybridized carbons (Fsp3) is 0.859. The van der Waals surface area contributed by atoms with Crippen LogP contribution in [0.15, 0.2) is 40.8 Å². The van der Waals surface area contributed by atoms with E-state index in [9.17, 15) is 60.3 Å². The first-order chi connectivity index (χ1) is 53.4.